The van der Waals surface area contributed by atoms with Gasteiger partial charge in [0, 0.05) is 11.1 Å². The third-order valence-corrected chi connectivity index (χ3v) is 6.76. The highest BCUT2D eigenvalue weighted by Gasteiger charge is 2.16. The lowest BCUT2D eigenvalue weighted by atomic mass is 10.0. The number of hydrogen-bond donors (Lipinski definition) is 0. The molecule has 0 aliphatic rings. The van der Waals surface area contributed by atoms with Crippen molar-refractivity contribution in [1.29, 1.82) is 0 Å². The standard InChI is InChI=1S/C33H25Cl2N3/c1-22-12-9-18-26(34)30(22)37-32(24-14-5-3-6-15-24)28-20-11-21-29(36-28)33(25-16-7-4-8-17-25)38-31-23(2)13-10-19-27(31)35/h3-21H,1-2H3. The molecule has 5 heteroatoms. The van der Waals surface area contributed by atoms with E-state index < -0.39 is 0 Å². The maximum Gasteiger partial charge on any atom is 0.0966 e. The summed E-state index contributed by atoms with van der Waals surface area (Å²) in [4.78, 5) is 15.2. The lowest BCUT2D eigenvalue weighted by Crippen LogP contribution is -2.12. The van der Waals surface area contributed by atoms with Crippen molar-refractivity contribution >= 4 is 46.0 Å². The molecular formula is C33H25Cl2N3. The van der Waals surface area contributed by atoms with Gasteiger partial charge in [-0.05, 0) is 49.2 Å². The Bertz CT molecular complexity index is 1480. The number of benzene rings is 4. The number of halogens is 2. The van der Waals surface area contributed by atoms with Gasteiger partial charge in [-0.15, -0.1) is 0 Å². The van der Waals surface area contributed by atoms with Crippen LogP contribution in [0.3, 0.4) is 0 Å². The van der Waals surface area contributed by atoms with Gasteiger partial charge in [0.05, 0.1) is 44.2 Å². The second-order valence-electron chi connectivity index (χ2n) is 8.87. The molecular weight excluding hydrogens is 509 g/mol. The van der Waals surface area contributed by atoms with E-state index in [1.54, 1.807) is 0 Å². The Kier molecular flexibility index (Phi) is 7.78. The van der Waals surface area contributed by atoms with E-state index >= 15 is 0 Å². The molecule has 0 amide bonds. The lowest BCUT2D eigenvalue weighted by Gasteiger charge is -2.13. The molecule has 5 rings (SSSR count). The maximum atomic E-state index is 6.57. The summed E-state index contributed by atoms with van der Waals surface area (Å²) in [5.41, 5.74) is 8.20. The van der Waals surface area contributed by atoms with Crippen LogP contribution in [0, 0.1) is 13.8 Å². The van der Waals surface area contributed by atoms with Crippen LogP contribution in [0.25, 0.3) is 0 Å². The van der Waals surface area contributed by atoms with Gasteiger partial charge >= 0.3 is 0 Å². The first-order valence-corrected chi connectivity index (χ1v) is 13.0. The second kappa shape index (κ2) is 11.6. The molecule has 0 fully saturated rings. The number of hydrogen-bond acceptors (Lipinski definition) is 3. The fraction of sp³-hybridized carbons (Fsp3) is 0.0606. The van der Waals surface area contributed by atoms with E-state index in [2.05, 4.69) is 0 Å². The number of pyridine rings is 1. The molecule has 0 aliphatic carbocycles. The predicted octanol–water partition coefficient (Wildman–Crippen LogP) is 9.34. The Morgan fingerprint density at radius 1 is 0.500 bits per heavy atom. The number of aliphatic imine (C=N–C) groups is 2. The number of rotatable bonds is 6. The summed E-state index contributed by atoms with van der Waals surface area (Å²) in [6.45, 7) is 4.01. The average molecular weight is 534 g/mol. The van der Waals surface area contributed by atoms with Crippen molar-refractivity contribution < 1.29 is 0 Å². The van der Waals surface area contributed by atoms with E-state index in [9.17, 15) is 0 Å². The lowest BCUT2D eigenvalue weighted by molar-refractivity contribution is 1.24. The summed E-state index contributed by atoms with van der Waals surface area (Å²) in [6, 6.07) is 37.5. The highest BCUT2D eigenvalue weighted by atomic mass is 35.5. The Morgan fingerprint density at radius 2 is 0.895 bits per heavy atom. The van der Waals surface area contributed by atoms with Gasteiger partial charge in [-0.2, -0.15) is 0 Å². The molecule has 0 atom stereocenters. The van der Waals surface area contributed by atoms with Crippen molar-refractivity contribution in [3.63, 3.8) is 0 Å². The van der Waals surface area contributed by atoms with Crippen LogP contribution in [0.2, 0.25) is 10.0 Å². The van der Waals surface area contributed by atoms with Gasteiger partial charge in [-0.25, -0.2) is 15.0 Å². The van der Waals surface area contributed by atoms with Gasteiger partial charge < -0.3 is 0 Å². The Hall–Kier alpha value is -4.05. The topological polar surface area (TPSA) is 37.6 Å². The van der Waals surface area contributed by atoms with Crippen molar-refractivity contribution in [2.24, 2.45) is 9.98 Å². The van der Waals surface area contributed by atoms with Gasteiger partial charge in [0.25, 0.3) is 0 Å². The highest BCUT2D eigenvalue weighted by molar-refractivity contribution is 6.34. The predicted molar refractivity (Wildman–Crippen MR) is 160 cm³/mol. The van der Waals surface area contributed by atoms with Crippen LogP contribution >= 0.6 is 23.2 Å². The zero-order valence-electron chi connectivity index (χ0n) is 21.1. The molecule has 3 nitrogen and oxygen atoms in total. The minimum absolute atomic E-state index is 0.593. The molecule has 5 aromatic rings. The molecule has 0 saturated heterocycles. The van der Waals surface area contributed by atoms with Crippen LogP contribution in [0.1, 0.15) is 33.6 Å². The molecule has 4 aromatic carbocycles. The SMILES string of the molecule is Cc1cccc(Cl)c1N=C(c1ccccc1)c1cccc(C(=Nc2c(C)cccc2Cl)c2ccccc2)n1. The van der Waals surface area contributed by atoms with Crippen molar-refractivity contribution in [3.8, 4) is 0 Å². The third kappa shape index (κ3) is 5.60. The van der Waals surface area contributed by atoms with Gasteiger partial charge in [-0.1, -0.05) is 114 Å². The van der Waals surface area contributed by atoms with Crippen molar-refractivity contribution in [3.05, 3.63) is 159 Å². The Morgan fingerprint density at radius 3 is 1.29 bits per heavy atom. The molecule has 1 aromatic heterocycles. The summed E-state index contributed by atoms with van der Waals surface area (Å²) >= 11 is 13.1. The molecule has 0 radical (unpaired) electrons. The smallest absolute Gasteiger partial charge is 0.0966 e. The van der Waals surface area contributed by atoms with E-state index in [0.717, 1.165) is 45.1 Å². The summed E-state index contributed by atoms with van der Waals surface area (Å²) in [5.74, 6) is 0. The normalized spacial score (nSPS) is 12.0. The number of para-hydroxylation sites is 2. The summed E-state index contributed by atoms with van der Waals surface area (Å²) in [5, 5.41) is 1.19. The summed E-state index contributed by atoms with van der Waals surface area (Å²) in [6.07, 6.45) is 0. The zero-order chi connectivity index (χ0) is 26.5. The van der Waals surface area contributed by atoms with Gasteiger partial charge in [-0.3, -0.25) is 0 Å². The molecule has 0 spiro atoms. The van der Waals surface area contributed by atoms with E-state index in [1.165, 1.54) is 0 Å². The van der Waals surface area contributed by atoms with Crippen LogP contribution in [0.4, 0.5) is 11.4 Å². The molecule has 0 saturated carbocycles. The second-order valence-corrected chi connectivity index (χ2v) is 9.69. The van der Waals surface area contributed by atoms with Gasteiger partial charge in [0.1, 0.15) is 0 Å². The first kappa shape index (κ1) is 25.6. The van der Waals surface area contributed by atoms with Crippen LogP contribution < -0.4 is 0 Å². The van der Waals surface area contributed by atoms with E-state index in [1.807, 2.05) is 129 Å². The molecule has 186 valence electrons. The van der Waals surface area contributed by atoms with Crippen LogP contribution in [-0.4, -0.2) is 16.4 Å². The Balaban J connectivity index is 1.72. The molecule has 0 N–H and O–H groups in total. The molecule has 38 heavy (non-hydrogen) atoms. The van der Waals surface area contributed by atoms with Crippen molar-refractivity contribution in [2.75, 3.05) is 0 Å². The number of aromatic nitrogens is 1. The fourth-order valence-corrected chi connectivity index (χ4v) is 4.71. The zero-order valence-corrected chi connectivity index (χ0v) is 22.6. The fourth-order valence-electron chi connectivity index (χ4n) is 4.18. The van der Waals surface area contributed by atoms with Crippen molar-refractivity contribution in [1.82, 2.24) is 4.98 Å². The summed E-state index contributed by atoms with van der Waals surface area (Å²) in [7, 11) is 0. The minimum atomic E-state index is 0.593. The summed E-state index contributed by atoms with van der Waals surface area (Å²) < 4.78 is 0. The van der Waals surface area contributed by atoms with Gasteiger partial charge in [0.2, 0.25) is 0 Å². The van der Waals surface area contributed by atoms with E-state index in [0.29, 0.717) is 21.4 Å². The monoisotopic (exact) mass is 533 g/mol. The molecule has 0 bridgehead atoms. The van der Waals surface area contributed by atoms with Crippen molar-refractivity contribution in [2.45, 2.75) is 13.8 Å². The maximum absolute atomic E-state index is 6.57. The molecule has 0 unspecified atom stereocenters. The minimum Gasteiger partial charge on any atom is -0.244 e. The number of nitrogens with zero attached hydrogens (tertiary/aromatic N) is 3. The van der Waals surface area contributed by atoms with Crippen LogP contribution in [0.5, 0.6) is 0 Å². The largest absolute Gasteiger partial charge is 0.244 e. The van der Waals surface area contributed by atoms with Crippen LogP contribution in [-0.2, 0) is 0 Å². The van der Waals surface area contributed by atoms with Gasteiger partial charge in [0.15, 0.2) is 0 Å². The average Bonchev–Trinajstić information content (AvgIpc) is 2.94. The first-order valence-electron chi connectivity index (χ1n) is 12.3. The third-order valence-electron chi connectivity index (χ3n) is 6.15. The van der Waals surface area contributed by atoms with E-state index in [-0.39, 0.29) is 0 Å². The van der Waals surface area contributed by atoms with E-state index in [4.69, 9.17) is 38.2 Å². The molecule has 1 heterocycles. The molecule has 0 aliphatic heterocycles. The van der Waals surface area contributed by atoms with Crippen LogP contribution in [0.15, 0.2) is 125 Å². The number of aryl methyl sites for hydroxylation is 2. The Labute approximate surface area is 233 Å². The highest BCUT2D eigenvalue weighted by Crippen LogP contribution is 2.31. The quantitative estimate of drug-likeness (QED) is 0.200. The first-order chi connectivity index (χ1) is 18.5.